The summed E-state index contributed by atoms with van der Waals surface area (Å²) in [5.41, 5.74) is 3.14. The van der Waals surface area contributed by atoms with E-state index in [1.165, 1.54) is 12.1 Å². The molecule has 0 heterocycles. The van der Waals surface area contributed by atoms with E-state index in [-0.39, 0.29) is 11.3 Å². The highest BCUT2D eigenvalue weighted by atomic mass is 32.2. The first kappa shape index (κ1) is 31.0. The number of fused-ring (bicyclic) bond motifs is 1. The lowest BCUT2D eigenvalue weighted by atomic mass is 9.92. The monoisotopic (exact) mass is 452 g/mol. The highest BCUT2D eigenvalue weighted by Gasteiger charge is 2.19. The van der Waals surface area contributed by atoms with Gasteiger partial charge in [-0.25, -0.2) is 0 Å². The van der Waals surface area contributed by atoms with Crippen LogP contribution in [-0.4, -0.2) is 24.0 Å². The fourth-order valence-corrected chi connectivity index (χ4v) is 3.94. The molecule has 6 heteroatoms. The first-order chi connectivity index (χ1) is 14.7. The molecule has 0 aliphatic heterocycles. The topological polar surface area (TPSA) is 91.7 Å². The predicted octanol–water partition coefficient (Wildman–Crippen LogP) is 7.22. The first-order valence-electron chi connectivity index (χ1n) is 11.0. The van der Waals surface area contributed by atoms with Crippen molar-refractivity contribution in [3.8, 4) is 0 Å². The third-order valence-electron chi connectivity index (χ3n) is 4.54. The number of hydrogen-bond acceptors (Lipinski definition) is 3. The second-order valence-corrected chi connectivity index (χ2v) is 7.53. The van der Waals surface area contributed by atoms with Crippen molar-refractivity contribution in [2.24, 2.45) is 0 Å². The summed E-state index contributed by atoms with van der Waals surface area (Å²) in [6.45, 7) is 19.4. The van der Waals surface area contributed by atoms with Crippen LogP contribution in [0.3, 0.4) is 0 Å². The van der Waals surface area contributed by atoms with Crippen molar-refractivity contribution in [2.45, 2.75) is 86.0 Å². The van der Waals surface area contributed by atoms with Gasteiger partial charge in [0, 0.05) is 6.42 Å². The summed E-state index contributed by atoms with van der Waals surface area (Å²) >= 11 is 0. The predicted molar refractivity (Wildman–Crippen MR) is 133 cm³/mol. The molecule has 2 aromatic carbocycles. The zero-order valence-corrected chi connectivity index (χ0v) is 21.2. The van der Waals surface area contributed by atoms with E-state index in [0.29, 0.717) is 12.0 Å². The van der Waals surface area contributed by atoms with Crippen LogP contribution in [-0.2, 0) is 21.3 Å². The third-order valence-corrected chi connectivity index (χ3v) is 5.44. The number of carboxylic acid groups (broad SMARTS) is 1. The zero-order valence-electron chi connectivity index (χ0n) is 20.4. The van der Waals surface area contributed by atoms with Crippen LogP contribution in [0.4, 0.5) is 0 Å². The van der Waals surface area contributed by atoms with Crippen LogP contribution in [0.25, 0.3) is 16.8 Å². The van der Waals surface area contributed by atoms with Gasteiger partial charge in [0.05, 0.1) is 0 Å². The minimum Gasteiger partial charge on any atom is -0.481 e. The summed E-state index contributed by atoms with van der Waals surface area (Å²) in [5.74, 6) is -0.805. The van der Waals surface area contributed by atoms with E-state index in [2.05, 4.69) is 6.58 Å². The summed E-state index contributed by atoms with van der Waals surface area (Å²) in [6.07, 6.45) is 3.64. The van der Waals surface area contributed by atoms with Crippen molar-refractivity contribution >= 4 is 32.9 Å². The van der Waals surface area contributed by atoms with Gasteiger partial charge in [-0.2, -0.15) is 8.42 Å². The standard InChI is InChI=1S/C19H22O5S.3C2H6/c1-4-15-13(3)16-10-9-14(7-5-6-8-19(20)21)12(2)17(16)11-18(15)25(22,23)24;3*1-2/h4,9-11H,1,5-8H2,2-3H3,(H,20,21)(H,22,23,24);3*1-2H3. The number of rotatable bonds is 7. The average Bonchev–Trinajstić information content (AvgIpc) is 2.76. The fraction of sp³-hybridized carbons (Fsp3) is 0.480. The number of benzene rings is 2. The van der Waals surface area contributed by atoms with Crippen LogP contribution in [0.15, 0.2) is 29.7 Å². The molecule has 5 nitrogen and oxygen atoms in total. The number of unbranched alkanes of at least 4 members (excludes halogenated alkanes) is 1. The van der Waals surface area contributed by atoms with E-state index in [4.69, 9.17) is 5.11 Å². The van der Waals surface area contributed by atoms with Crippen molar-refractivity contribution in [3.63, 3.8) is 0 Å². The van der Waals surface area contributed by atoms with Gasteiger partial charge in [0.2, 0.25) is 0 Å². The van der Waals surface area contributed by atoms with Crippen LogP contribution in [0.1, 0.15) is 83.1 Å². The summed E-state index contributed by atoms with van der Waals surface area (Å²) in [6, 6.07) is 5.42. The number of carboxylic acids is 1. The van der Waals surface area contributed by atoms with Crippen molar-refractivity contribution in [2.75, 3.05) is 0 Å². The molecule has 0 aliphatic carbocycles. The SMILES string of the molecule is C=Cc1c(S(=O)(=O)O)cc2c(C)c(CCCCC(=O)O)ccc2c1C.CC.CC.CC. The molecule has 0 amide bonds. The Balaban J connectivity index is 0. The van der Waals surface area contributed by atoms with E-state index in [1.54, 1.807) is 6.92 Å². The summed E-state index contributed by atoms with van der Waals surface area (Å²) < 4.78 is 33.0. The highest BCUT2D eigenvalue weighted by Crippen LogP contribution is 2.32. The molecular weight excluding hydrogens is 412 g/mol. The van der Waals surface area contributed by atoms with Crippen LogP contribution in [0.5, 0.6) is 0 Å². The Hall–Kier alpha value is -2.18. The zero-order chi connectivity index (χ0) is 24.8. The largest absolute Gasteiger partial charge is 0.481 e. The third kappa shape index (κ3) is 8.83. The molecule has 0 aromatic heterocycles. The van der Waals surface area contributed by atoms with Crippen LogP contribution >= 0.6 is 0 Å². The van der Waals surface area contributed by atoms with E-state index in [1.807, 2.05) is 60.6 Å². The molecule has 2 aromatic rings. The van der Waals surface area contributed by atoms with E-state index >= 15 is 0 Å². The van der Waals surface area contributed by atoms with E-state index < -0.39 is 16.1 Å². The van der Waals surface area contributed by atoms with Gasteiger partial charge < -0.3 is 5.11 Å². The average molecular weight is 453 g/mol. The molecule has 0 saturated carbocycles. The van der Waals surface area contributed by atoms with Gasteiger partial charge in [0.25, 0.3) is 10.1 Å². The van der Waals surface area contributed by atoms with Gasteiger partial charge in [0.1, 0.15) is 4.90 Å². The molecular formula is C25H40O5S. The molecule has 31 heavy (non-hydrogen) atoms. The first-order valence-corrected chi connectivity index (χ1v) is 12.5. The lowest BCUT2D eigenvalue weighted by Crippen LogP contribution is -2.04. The van der Waals surface area contributed by atoms with Gasteiger partial charge >= 0.3 is 5.97 Å². The quantitative estimate of drug-likeness (QED) is 0.342. The molecule has 0 spiro atoms. The highest BCUT2D eigenvalue weighted by molar-refractivity contribution is 7.86. The number of carbonyl (C=O) groups is 1. The molecule has 0 bridgehead atoms. The van der Waals surface area contributed by atoms with Crippen molar-refractivity contribution in [1.29, 1.82) is 0 Å². The molecule has 0 atom stereocenters. The van der Waals surface area contributed by atoms with Gasteiger partial charge in [0.15, 0.2) is 0 Å². The Morgan fingerprint density at radius 3 is 1.97 bits per heavy atom. The molecule has 0 fully saturated rings. The van der Waals surface area contributed by atoms with E-state index in [0.717, 1.165) is 40.3 Å². The second-order valence-electron chi connectivity index (χ2n) is 6.14. The smallest absolute Gasteiger partial charge is 0.303 e. The van der Waals surface area contributed by atoms with Gasteiger partial charge in [-0.1, -0.05) is 66.3 Å². The van der Waals surface area contributed by atoms with Crippen molar-refractivity contribution in [1.82, 2.24) is 0 Å². The van der Waals surface area contributed by atoms with Crippen LogP contribution in [0, 0.1) is 13.8 Å². The second kappa shape index (κ2) is 15.6. The fourth-order valence-electron chi connectivity index (χ4n) is 3.16. The van der Waals surface area contributed by atoms with Crippen molar-refractivity contribution in [3.05, 3.63) is 47.0 Å². The Bertz CT molecular complexity index is 944. The maximum atomic E-state index is 11.7. The Kier molecular flexibility index (Phi) is 15.6. The van der Waals surface area contributed by atoms with Crippen LogP contribution in [0.2, 0.25) is 0 Å². The summed E-state index contributed by atoms with van der Waals surface area (Å²) in [5, 5.41) is 10.4. The van der Waals surface area contributed by atoms with E-state index in [9.17, 15) is 17.8 Å². The van der Waals surface area contributed by atoms with Gasteiger partial charge in [-0.05, 0) is 72.2 Å². The Morgan fingerprint density at radius 1 is 0.968 bits per heavy atom. The summed E-state index contributed by atoms with van der Waals surface area (Å²) in [7, 11) is -4.36. The van der Waals surface area contributed by atoms with Gasteiger partial charge in [-0.15, -0.1) is 0 Å². The molecule has 2 rings (SSSR count). The Labute approximate surface area is 188 Å². The molecule has 0 saturated heterocycles. The number of hydrogen-bond donors (Lipinski definition) is 2. The molecule has 2 N–H and O–H groups in total. The minimum absolute atomic E-state index is 0.140. The minimum atomic E-state index is -4.36. The number of aliphatic carboxylic acids is 1. The summed E-state index contributed by atoms with van der Waals surface area (Å²) in [4.78, 5) is 10.5. The van der Waals surface area contributed by atoms with Crippen molar-refractivity contribution < 1.29 is 22.9 Å². The normalized spacial score (nSPS) is 9.97. The lowest BCUT2D eigenvalue weighted by molar-refractivity contribution is -0.137. The van der Waals surface area contributed by atoms with Crippen LogP contribution < -0.4 is 0 Å². The maximum Gasteiger partial charge on any atom is 0.303 e. The maximum absolute atomic E-state index is 11.7. The molecule has 0 aliphatic rings. The molecule has 0 unspecified atom stereocenters. The molecule has 176 valence electrons. The van der Waals surface area contributed by atoms with Gasteiger partial charge in [-0.3, -0.25) is 9.35 Å². The Morgan fingerprint density at radius 2 is 1.52 bits per heavy atom. The lowest BCUT2D eigenvalue weighted by Gasteiger charge is -2.15. The number of aryl methyl sites for hydroxylation is 3. The molecule has 0 radical (unpaired) electrons.